The number of benzene rings is 1. The molecular formula is C12H11BrN2O3S. The molecule has 0 spiro atoms. The topological polar surface area (TPSA) is 79.3 Å². The van der Waals surface area contributed by atoms with Gasteiger partial charge in [0.05, 0.1) is 15.2 Å². The predicted molar refractivity (Wildman–Crippen MR) is 76.3 cm³/mol. The number of nitrogens with zero attached hydrogens (tertiary/aromatic N) is 1. The fourth-order valence-electron chi connectivity index (χ4n) is 1.54. The summed E-state index contributed by atoms with van der Waals surface area (Å²) in [5.41, 5.74) is 0.903. The second-order valence-corrected chi connectivity index (χ2v) is 5.92. The number of rotatable bonds is 5. The summed E-state index contributed by atoms with van der Waals surface area (Å²) in [6, 6.07) is 5.86. The van der Waals surface area contributed by atoms with E-state index in [1.807, 2.05) is 18.2 Å². The molecule has 0 fully saturated rings. The molecule has 0 saturated carbocycles. The molecule has 0 atom stereocenters. The van der Waals surface area contributed by atoms with E-state index in [1.165, 1.54) is 0 Å². The molecule has 0 radical (unpaired) electrons. The van der Waals surface area contributed by atoms with E-state index in [-0.39, 0.29) is 18.9 Å². The molecular weight excluding hydrogens is 332 g/mol. The maximum atomic E-state index is 11.4. The number of carboxylic acid groups (broad SMARTS) is 1. The molecule has 1 amide bonds. The number of thiazole rings is 1. The number of amides is 1. The van der Waals surface area contributed by atoms with Crippen LogP contribution in [-0.2, 0) is 16.0 Å². The van der Waals surface area contributed by atoms with Gasteiger partial charge in [-0.25, -0.2) is 4.98 Å². The van der Waals surface area contributed by atoms with Gasteiger partial charge >= 0.3 is 5.97 Å². The molecule has 0 bridgehead atoms. The van der Waals surface area contributed by atoms with Crippen LogP contribution in [0.2, 0.25) is 0 Å². The summed E-state index contributed by atoms with van der Waals surface area (Å²) in [5, 5.41) is 11.6. The summed E-state index contributed by atoms with van der Waals surface area (Å²) < 4.78 is 2.04. The molecule has 0 aliphatic heterocycles. The van der Waals surface area contributed by atoms with Crippen molar-refractivity contribution in [1.29, 1.82) is 0 Å². The second-order valence-electron chi connectivity index (χ2n) is 3.89. The molecule has 0 aliphatic carbocycles. The predicted octanol–water partition coefficient (Wildman–Crippen LogP) is 2.19. The fourth-order valence-corrected chi connectivity index (χ4v) is 2.83. The summed E-state index contributed by atoms with van der Waals surface area (Å²) in [6.07, 6.45) is 0.761. The van der Waals surface area contributed by atoms with Crippen LogP contribution in [0.25, 0.3) is 10.2 Å². The van der Waals surface area contributed by atoms with E-state index in [0.29, 0.717) is 6.42 Å². The van der Waals surface area contributed by atoms with Crippen LogP contribution in [0.5, 0.6) is 0 Å². The standard InChI is InChI=1S/C12H11BrN2O3S/c13-7-1-2-9-8(5-7)15-11(19-9)4-3-10(16)14-6-12(17)18/h1-2,5H,3-4,6H2,(H,14,16)(H,17,18). The summed E-state index contributed by atoms with van der Waals surface area (Å²) >= 11 is 4.93. The molecule has 100 valence electrons. The summed E-state index contributed by atoms with van der Waals surface area (Å²) in [5.74, 6) is -1.32. The Morgan fingerprint density at radius 3 is 2.95 bits per heavy atom. The Labute approximate surface area is 121 Å². The van der Waals surface area contributed by atoms with Crippen molar-refractivity contribution in [3.63, 3.8) is 0 Å². The van der Waals surface area contributed by atoms with Gasteiger partial charge in [-0.3, -0.25) is 9.59 Å². The van der Waals surface area contributed by atoms with Crippen LogP contribution in [0.15, 0.2) is 22.7 Å². The molecule has 2 aromatic rings. The van der Waals surface area contributed by atoms with E-state index in [0.717, 1.165) is 19.7 Å². The van der Waals surface area contributed by atoms with E-state index in [4.69, 9.17) is 5.11 Å². The smallest absolute Gasteiger partial charge is 0.322 e. The number of fused-ring (bicyclic) bond motifs is 1. The molecule has 2 rings (SSSR count). The minimum absolute atomic E-state index is 0.244. The van der Waals surface area contributed by atoms with E-state index < -0.39 is 5.97 Å². The molecule has 5 nitrogen and oxygen atoms in total. The lowest BCUT2D eigenvalue weighted by atomic mass is 10.3. The summed E-state index contributed by atoms with van der Waals surface area (Å²) in [6.45, 7) is -0.342. The SMILES string of the molecule is O=C(O)CNC(=O)CCc1nc2cc(Br)ccc2s1. The largest absolute Gasteiger partial charge is 0.480 e. The van der Waals surface area contributed by atoms with Crippen LogP contribution in [0.1, 0.15) is 11.4 Å². The first-order chi connectivity index (χ1) is 9.04. The first-order valence-corrected chi connectivity index (χ1v) is 7.19. The normalized spacial score (nSPS) is 10.6. The van der Waals surface area contributed by atoms with Gasteiger partial charge in [0.2, 0.25) is 5.91 Å². The lowest BCUT2D eigenvalue weighted by Crippen LogP contribution is -2.29. The zero-order chi connectivity index (χ0) is 13.8. The number of carboxylic acids is 1. The number of halogens is 1. The maximum absolute atomic E-state index is 11.4. The average Bonchev–Trinajstić information content (AvgIpc) is 2.75. The Kier molecular flexibility index (Phi) is 4.49. The van der Waals surface area contributed by atoms with Crippen LogP contribution in [0.3, 0.4) is 0 Å². The van der Waals surface area contributed by atoms with Gasteiger partial charge in [-0.2, -0.15) is 0 Å². The Balaban J connectivity index is 1.94. The minimum atomic E-state index is -1.04. The Morgan fingerprint density at radius 2 is 2.21 bits per heavy atom. The third kappa shape index (κ3) is 4.00. The minimum Gasteiger partial charge on any atom is -0.480 e. The summed E-state index contributed by atoms with van der Waals surface area (Å²) in [7, 11) is 0. The highest BCUT2D eigenvalue weighted by atomic mass is 79.9. The lowest BCUT2D eigenvalue weighted by Gasteiger charge is -1.99. The first kappa shape index (κ1) is 14.0. The number of aliphatic carboxylic acids is 1. The number of hydrogen-bond acceptors (Lipinski definition) is 4. The van der Waals surface area contributed by atoms with Crippen molar-refractivity contribution in [2.45, 2.75) is 12.8 Å². The van der Waals surface area contributed by atoms with Gasteiger partial charge in [0.1, 0.15) is 6.54 Å². The monoisotopic (exact) mass is 342 g/mol. The molecule has 0 saturated heterocycles. The van der Waals surface area contributed by atoms with E-state index in [9.17, 15) is 9.59 Å². The highest BCUT2D eigenvalue weighted by molar-refractivity contribution is 9.10. The van der Waals surface area contributed by atoms with Crippen molar-refractivity contribution in [2.75, 3.05) is 6.54 Å². The third-order valence-corrected chi connectivity index (χ3v) is 3.99. The molecule has 1 heterocycles. The van der Waals surface area contributed by atoms with Crippen molar-refractivity contribution in [1.82, 2.24) is 10.3 Å². The molecule has 2 N–H and O–H groups in total. The van der Waals surface area contributed by atoms with Crippen LogP contribution < -0.4 is 5.32 Å². The van der Waals surface area contributed by atoms with E-state index in [2.05, 4.69) is 26.2 Å². The number of carbonyl (C=O) groups is 2. The third-order valence-electron chi connectivity index (χ3n) is 2.40. The molecule has 7 heteroatoms. The number of carbonyl (C=O) groups excluding carboxylic acids is 1. The molecule has 1 aromatic carbocycles. The van der Waals surface area contributed by atoms with Crippen molar-refractivity contribution < 1.29 is 14.7 Å². The quantitative estimate of drug-likeness (QED) is 0.872. The van der Waals surface area contributed by atoms with Gasteiger partial charge in [0.25, 0.3) is 0 Å². The molecule has 0 aliphatic rings. The fraction of sp³-hybridized carbons (Fsp3) is 0.250. The Morgan fingerprint density at radius 1 is 1.42 bits per heavy atom. The zero-order valence-electron chi connectivity index (χ0n) is 9.85. The van der Waals surface area contributed by atoms with Crippen LogP contribution >= 0.6 is 27.3 Å². The molecule has 1 aromatic heterocycles. The second kappa shape index (κ2) is 6.12. The maximum Gasteiger partial charge on any atom is 0.322 e. The van der Waals surface area contributed by atoms with Gasteiger partial charge < -0.3 is 10.4 Å². The molecule has 0 unspecified atom stereocenters. The lowest BCUT2D eigenvalue weighted by molar-refractivity contribution is -0.137. The first-order valence-electron chi connectivity index (χ1n) is 5.58. The highest BCUT2D eigenvalue weighted by Crippen LogP contribution is 2.25. The average molecular weight is 343 g/mol. The van der Waals surface area contributed by atoms with Crippen LogP contribution in [0.4, 0.5) is 0 Å². The van der Waals surface area contributed by atoms with Crippen LogP contribution in [0, 0.1) is 0 Å². The number of aromatic nitrogens is 1. The van der Waals surface area contributed by atoms with E-state index >= 15 is 0 Å². The van der Waals surface area contributed by atoms with Gasteiger partial charge in [-0.1, -0.05) is 15.9 Å². The van der Waals surface area contributed by atoms with E-state index in [1.54, 1.807) is 11.3 Å². The number of nitrogens with one attached hydrogen (secondary N) is 1. The van der Waals surface area contributed by atoms with Crippen molar-refractivity contribution in [3.8, 4) is 0 Å². The van der Waals surface area contributed by atoms with Gasteiger partial charge in [0, 0.05) is 17.3 Å². The summed E-state index contributed by atoms with van der Waals surface area (Å²) in [4.78, 5) is 26.1. The van der Waals surface area contributed by atoms with Crippen molar-refractivity contribution in [2.24, 2.45) is 0 Å². The van der Waals surface area contributed by atoms with Gasteiger partial charge in [-0.15, -0.1) is 11.3 Å². The zero-order valence-corrected chi connectivity index (χ0v) is 12.3. The molecule has 19 heavy (non-hydrogen) atoms. The highest BCUT2D eigenvalue weighted by Gasteiger charge is 2.08. The van der Waals surface area contributed by atoms with Gasteiger partial charge in [0.15, 0.2) is 0 Å². The Bertz CT molecular complexity index is 626. The number of hydrogen-bond donors (Lipinski definition) is 2. The van der Waals surface area contributed by atoms with Crippen molar-refractivity contribution in [3.05, 3.63) is 27.7 Å². The van der Waals surface area contributed by atoms with Crippen LogP contribution in [-0.4, -0.2) is 28.5 Å². The van der Waals surface area contributed by atoms with Gasteiger partial charge in [-0.05, 0) is 18.2 Å². The van der Waals surface area contributed by atoms with Crippen molar-refractivity contribution >= 4 is 49.4 Å². The Hall–Kier alpha value is -1.47. The number of aryl methyl sites for hydroxylation is 1.